The van der Waals surface area contributed by atoms with Gasteiger partial charge in [0.15, 0.2) is 0 Å². The minimum Gasteiger partial charge on any atom is -0.457 e. The average molecular weight is 264 g/mol. The quantitative estimate of drug-likeness (QED) is 0.761. The molecule has 0 radical (unpaired) electrons. The fourth-order valence-electron chi connectivity index (χ4n) is 2.33. The van der Waals surface area contributed by atoms with Gasteiger partial charge in [0.25, 0.3) is 0 Å². The third kappa shape index (κ3) is 4.04. The highest BCUT2D eigenvalue weighted by atomic mass is 16.5. The smallest absolute Gasteiger partial charge is 0.306 e. The van der Waals surface area contributed by atoms with E-state index in [0.717, 1.165) is 12.0 Å². The summed E-state index contributed by atoms with van der Waals surface area (Å²) in [5.41, 5.74) is 0.850. The number of aliphatic hydroxyl groups excluding tert-OH is 2. The molecule has 0 bridgehead atoms. The topological polar surface area (TPSA) is 66.8 Å². The molecule has 1 aromatic rings. The van der Waals surface area contributed by atoms with Crippen molar-refractivity contribution in [3.05, 3.63) is 35.9 Å². The van der Waals surface area contributed by atoms with Crippen LogP contribution in [-0.4, -0.2) is 28.4 Å². The van der Waals surface area contributed by atoms with Crippen molar-refractivity contribution >= 4 is 5.97 Å². The van der Waals surface area contributed by atoms with Crippen LogP contribution in [0.3, 0.4) is 0 Å². The zero-order chi connectivity index (χ0) is 13.7. The molecule has 1 aliphatic rings. The van der Waals surface area contributed by atoms with E-state index in [1.165, 1.54) is 0 Å². The van der Waals surface area contributed by atoms with Crippen molar-refractivity contribution in [3.8, 4) is 0 Å². The summed E-state index contributed by atoms with van der Waals surface area (Å²) in [6.07, 6.45) is 0.433. The Bertz CT molecular complexity index is 404. The molecular weight excluding hydrogens is 244 g/mol. The highest BCUT2D eigenvalue weighted by Crippen LogP contribution is 2.26. The zero-order valence-electron chi connectivity index (χ0n) is 10.9. The maximum absolute atomic E-state index is 11.7. The van der Waals surface area contributed by atoms with Crippen molar-refractivity contribution in [2.24, 2.45) is 0 Å². The number of hydrogen-bond donors (Lipinski definition) is 2. The van der Waals surface area contributed by atoms with E-state index < -0.39 is 18.3 Å². The largest absolute Gasteiger partial charge is 0.457 e. The number of carbonyl (C=O) groups is 1. The maximum Gasteiger partial charge on any atom is 0.306 e. The van der Waals surface area contributed by atoms with Gasteiger partial charge in [0, 0.05) is 12.8 Å². The molecule has 2 rings (SSSR count). The van der Waals surface area contributed by atoms with Crippen LogP contribution < -0.4 is 0 Å². The van der Waals surface area contributed by atoms with Crippen molar-refractivity contribution in [1.82, 2.24) is 0 Å². The molecule has 0 aromatic heterocycles. The van der Waals surface area contributed by atoms with Crippen LogP contribution in [0.2, 0.25) is 0 Å². The second-order valence-electron chi connectivity index (χ2n) is 5.01. The van der Waals surface area contributed by atoms with Gasteiger partial charge in [-0.25, -0.2) is 0 Å². The van der Waals surface area contributed by atoms with E-state index in [-0.39, 0.29) is 12.4 Å². The van der Waals surface area contributed by atoms with Gasteiger partial charge in [-0.15, -0.1) is 0 Å². The minimum absolute atomic E-state index is 0.233. The van der Waals surface area contributed by atoms with E-state index in [1.54, 1.807) is 0 Å². The third-order valence-electron chi connectivity index (χ3n) is 3.48. The first-order valence-corrected chi connectivity index (χ1v) is 6.77. The summed E-state index contributed by atoms with van der Waals surface area (Å²) in [5, 5.41) is 19.8. The molecule has 0 unspecified atom stereocenters. The van der Waals surface area contributed by atoms with Gasteiger partial charge in [0.05, 0.1) is 12.2 Å². The number of rotatable bonds is 1. The van der Waals surface area contributed by atoms with Gasteiger partial charge in [-0.05, 0) is 18.4 Å². The van der Waals surface area contributed by atoms with Crippen LogP contribution in [0.4, 0.5) is 0 Å². The Kier molecular flexibility index (Phi) is 4.93. The second-order valence-corrected chi connectivity index (χ2v) is 5.01. The van der Waals surface area contributed by atoms with Crippen LogP contribution in [0.1, 0.15) is 43.8 Å². The van der Waals surface area contributed by atoms with E-state index in [4.69, 9.17) is 4.74 Å². The Labute approximate surface area is 113 Å². The van der Waals surface area contributed by atoms with Crippen LogP contribution in [0.25, 0.3) is 0 Å². The minimum atomic E-state index is -0.865. The highest BCUT2D eigenvalue weighted by Gasteiger charge is 2.26. The fourth-order valence-corrected chi connectivity index (χ4v) is 2.33. The van der Waals surface area contributed by atoms with Crippen molar-refractivity contribution in [1.29, 1.82) is 0 Å². The van der Waals surface area contributed by atoms with E-state index in [9.17, 15) is 15.0 Å². The fraction of sp³-hybridized carbons (Fsp3) is 0.533. The van der Waals surface area contributed by atoms with Crippen molar-refractivity contribution < 1.29 is 19.7 Å². The molecule has 1 saturated heterocycles. The lowest BCUT2D eigenvalue weighted by molar-refractivity contribution is -0.152. The molecule has 2 N–H and O–H groups in total. The van der Waals surface area contributed by atoms with Gasteiger partial charge < -0.3 is 14.9 Å². The van der Waals surface area contributed by atoms with E-state index in [0.29, 0.717) is 19.3 Å². The van der Waals surface area contributed by atoms with Crippen LogP contribution in [0, 0.1) is 0 Å². The molecule has 1 fully saturated rings. The van der Waals surface area contributed by atoms with Gasteiger partial charge in [-0.2, -0.15) is 0 Å². The number of aliphatic hydroxyl groups is 2. The number of cyclic esters (lactones) is 1. The van der Waals surface area contributed by atoms with Gasteiger partial charge in [0.2, 0.25) is 0 Å². The Morgan fingerprint density at radius 1 is 1.05 bits per heavy atom. The van der Waals surface area contributed by atoms with Crippen molar-refractivity contribution in [3.63, 3.8) is 0 Å². The number of benzene rings is 1. The molecule has 0 spiro atoms. The van der Waals surface area contributed by atoms with E-state index in [1.807, 2.05) is 30.3 Å². The van der Waals surface area contributed by atoms with Gasteiger partial charge in [-0.1, -0.05) is 36.8 Å². The summed E-state index contributed by atoms with van der Waals surface area (Å²) in [6.45, 7) is 0. The number of carbonyl (C=O) groups excluding carboxylic acids is 1. The van der Waals surface area contributed by atoms with Gasteiger partial charge >= 0.3 is 5.97 Å². The Hall–Kier alpha value is -1.39. The second kappa shape index (κ2) is 6.68. The van der Waals surface area contributed by atoms with Crippen LogP contribution in [0.5, 0.6) is 0 Å². The molecule has 4 nitrogen and oxygen atoms in total. The molecule has 3 atom stereocenters. The molecule has 0 saturated carbocycles. The summed E-state index contributed by atoms with van der Waals surface area (Å²) in [6, 6.07) is 9.35. The molecule has 0 aliphatic carbocycles. The summed E-state index contributed by atoms with van der Waals surface area (Å²) in [5.74, 6) is -0.238. The van der Waals surface area contributed by atoms with Gasteiger partial charge in [-0.3, -0.25) is 4.79 Å². The average Bonchev–Trinajstić information content (AvgIpc) is 2.43. The first kappa shape index (κ1) is 14.0. The molecule has 1 heterocycles. The predicted octanol–water partition coefficient (Wildman–Crippen LogP) is 1.96. The van der Waals surface area contributed by atoms with Crippen LogP contribution in [0.15, 0.2) is 30.3 Å². The monoisotopic (exact) mass is 264 g/mol. The maximum atomic E-state index is 11.7. The van der Waals surface area contributed by atoms with Crippen molar-refractivity contribution in [2.75, 3.05) is 0 Å². The SMILES string of the molecule is O=C1CCCC[C@@H](O)[C@H](O)C[C@H](c2ccccc2)O1. The normalized spacial score (nSPS) is 29.6. The molecule has 104 valence electrons. The number of esters is 1. The molecule has 4 heteroatoms. The third-order valence-corrected chi connectivity index (χ3v) is 3.48. The number of hydrogen-bond acceptors (Lipinski definition) is 4. The molecular formula is C15H20O4. The Morgan fingerprint density at radius 3 is 2.53 bits per heavy atom. The van der Waals surface area contributed by atoms with Crippen LogP contribution in [-0.2, 0) is 9.53 Å². The Morgan fingerprint density at radius 2 is 1.79 bits per heavy atom. The molecule has 1 aliphatic heterocycles. The van der Waals surface area contributed by atoms with E-state index in [2.05, 4.69) is 0 Å². The zero-order valence-corrected chi connectivity index (χ0v) is 10.9. The molecule has 0 amide bonds. The first-order chi connectivity index (χ1) is 9.16. The summed E-state index contributed by atoms with van der Waals surface area (Å²) in [7, 11) is 0. The molecule has 1 aromatic carbocycles. The summed E-state index contributed by atoms with van der Waals surface area (Å²) >= 11 is 0. The molecule has 19 heavy (non-hydrogen) atoms. The summed E-state index contributed by atoms with van der Waals surface area (Å²) < 4.78 is 5.42. The lowest BCUT2D eigenvalue weighted by atomic mass is 9.96. The van der Waals surface area contributed by atoms with Crippen LogP contribution >= 0.6 is 0 Å². The lowest BCUT2D eigenvalue weighted by Crippen LogP contribution is -2.30. The van der Waals surface area contributed by atoms with Gasteiger partial charge in [0.1, 0.15) is 6.10 Å². The standard InChI is InChI=1S/C15H20O4/c16-12-8-4-5-9-15(18)19-14(10-13(12)17)11-6-2-1-3-7-11/h1-3,6-7,12-14,16-17H,4-5,8-10H2/t12-,13-,14-/m1/s1. The Balaban J connectivity index is 2.14. The van der Waals surface area contributed by atoms with Crippen molar-refractivity contribution in [2.45, 2.75) is 50.4 Å². The highest BCUT2D eigenvalue weighted by molar-refractivity contribution is 5.69. The first-order valence-electron chi connectivity index (χ1n) is 6.77. The van der Waals surface area contributed by atoms with E-state index >= 15 is 0 Å². The summed E-state index contributed by atoms with van der Waals surface area (Å²) in [4.78, 5) is 11.7. The lowest BCUT2D eigenvalue weighted by Gasteiger charge is -2.25. The number of ether oxygens (including phenoxy) is 1. The predicted molar refractivity (Wildman–Crippen MR) is 70.4 cm³/mol.